The van der Waals surface area contributed by atoms with E-state index in [1.54, 1.807) is 19.2 Å². The van der Waals surface area contributed by atoms with E-state index in [2.05, 4.69) is 60.9 Å². The zero-order chi connectivity index (χ0) is 22.0. The highest BCUT2D eigenvalue weighted by molar-refractivity contribution is 5.95. The summed E-state index contributed by atoms with van der Waals surface area (Å²) in [6, 6.07) is 20.4. The molecule has 0 N–H and O–H groups in total. The van der Waals surface area contributed by atoms with Crippen LogP contribution in [0.3, 0.4) is 0 Å². The van der Waals surface area contributed by atoms with E-state index in [0.717, 1.165) is 39.1 Å². The van der Waals surface area contributed by atoms with Gasteiger partial charge >= 0.3 is 5.97 Å². The Bertz CT molecular complexity index is 1260. The van der Waals surface area contributed by atoms with Gasteiger partial charge in [-0.3, -0.25) is 0 Å². The van der Waals surface area contributed by atoms with Gasteiger partial charge in [0.05, 0.1) is 30.3 Å². The minimum Gasteiger partial charge on any atom is -0.465 e. The molecular weight excluding hydrogens is 388 g/mol. The second kappa shape index (κ2) is 8.74. The summed E-state index contributed by atoms with van der Waals surface area (Å²) in [5, 5.41) is 0. The van der Waals surface area contributed by atoms with Crippen molar-refractivity contribution in [2.75, 3.05) is 20.8 Å². The van der Waals surface area contributed by atoms with Gasteiger partial charge in [0.15, 0.2) is 0 Å². The average molecular weight is 415 g/mol. The molecule has 0 aliphatic carbocycles. The first-order valence-electron chi connectivity index (χ1n) is 10.3. The van der Waals surface area contributed by atoms with Gasteiger partial charge in [-0.1, -0.05) is 47.5 Å². The first-order chi connectivity index (χ1) is 15.0. The number of imidazole rings is 1. The van der Waals surface area contributed by atoms with E-state index in [1.165, 1.54) is 12.7 Å². The van der Waals surface area contributed by atoms with Gasteiger partial charge < -0.3 is 14.0 Å². The third kappa shape index (κ3) is 4.09. The molecule has 0 unspecified atom stereocenters. The molecule has 0 radical (unpaired) electrons. The van der Waals surface area contributed by atoms with Gasteiger partial charge in [0, 0.05) is 19.2 Å². The molecule has 5 nitrogen and oxygen atoms in total. The average Bonchev–Trinajstić information content (AvgIpc) is 3.14. The fourth-order valence-corrected chi connectivity index (χ4v) is 3.90. The number of ether oxygens (including phenoxy) is 2. The van der Waals surface area contributed by atoms with Crippen LogP contribution in [0, 0.1) is 13.8 Å². The van der Waals surface area contributed by atoms with E-state index < -0.39 is 0 Å². The Morgan fingerprint density at radius 2 is 1.74 bits per heavy atom. The van der Waals surface area contributed by atoms with Crippen molar-refractivity contribution < 1.29 is 14.3 Å². The van der Waals surface area contributed by atoms with Crippen molar-refractivity contribution in [1.29, 1.82) is 0 Å². The monoisotopic (exact) mass is 414 g/mol. The van der Waals surface area contributed by atoms with Crippen LogP contribution >= 0.6 is 0 Å². The molecule has 0 aliphatic rings. The topological polar surface area (TPSA) is 53.4 Å². The first-order valence-corrected chi connectivity index (χ1v) is 10.3. The molecule has 4 rings (SSSR count). The molecule has 0 spiro atoms. The molecule has 0 atom stereocenters. The largest absolute Gasteiger partial charge is 0.465 e. The van der Waals surface area contributed by atoms with Crippen LogP contribution in [0.25, 0.3) is 33.5 Å². The fourth-order valence-electron chi connectivity index (χ4n) is 3.90. The minimum absolute atomic E-state index is 0.370. The van der Waals surface area contributed by atoms with Crippen molar-refractivity contribution in [2.45, 2.75) is 20.4 Å². The van der Waals surface area contributed by atoms with Crippen LogP contribution in [0.2, 0.25) is 0 Å². The predicted molar refractivity (Wildman–Crippen MR) is 123 cm³/mol. The van der Waals surface area contributed by atoms with Crippen molar-refractivity contribution >= 4 is 17.0 Å². The van der Waals surface area contributed by atoms with E-state index >= 15 is 0 Å². The number of hydrogen-bond acceptors (Lipinski definition) is 4. The predicted octanol–water partition coefficient (Wildman–Crippen LogP) is 5.42. The highest BCUT2D eigenvalue weighted by atomic mass is 16.5. The maximum Gasteiger partial charge on any atom is 0.337 e. The van der Waals surface area contributed by atoms with E-state index in [0.29, 0.717) is 18.7 Å². The van der Waals surface area contributed by atoms with Gasteiger partial charge in [-0.25, -0.2) is 9.78 Å². The van der Waals surface area contributed by atoms with Crippen molar-refractivity contribution in [3.05, 3.63) is 77.4 Å². The second-order valence-corrected chi connectivity index (χ2v) is 7.69. The lowest BCUT2D eigenvalue weighted by atomic mass is 9.96. The molecule has 0 saturated carbocycles. The molecular formula is C26H26N2O3. The number of benzene rings is 3. The Hall–Kier alpha value is -3.44. The molecule has 31 heavy (non-hydrogen) atoms. The van der Waals surface area contributed by atoms with Crippen LogP contribution in [0.5, 0.6) is 0 Å². The maximum absolute atomic E-state index is 12.0. The van der Waals surface area contributed by atoms with E-state index in [-0.39, 0.29) is 5.97 Å². The molecule has 0 amide bonds. The summed E-state index contributed by atoms with van der Waals surface area (Å²) in [6.07, 6.45) is 0. The van der Waals surface area contributed by atoms with Crippen molar-refractivity contribution in [3.63, 3.8) is 0 Å². The zero-order valence-electron chi connectivity index (χ0n) is 18.3. The summed E-state index contributed by atoms with van der Waals surface area (Å²) in [7, 11) is 3.08. The number of esters is 1. The molecule has 1 aromatic heterocycles. The number of aromatic nitrogens is 2. The lowest BCUT2D eigenvalue weighted by Crippen LogP contribution is -2.07. The normalized spacial score (nSPS) is 11.1. The summed E-state index contributed by atoms with van der Waals surface area (Å²) in [4.78, 5) is 17.0. The van der Waals surface area contributed by atoms with Crippen molar-refractivity contribution in [2.24, 2.45) is 0 Å². The molecule has 5 heteroatoms. The molecule has 4 aromatic rings. The minimum atomic E-state index is -0.370. The lowest BCUT2D eigenvalue weighted by Gasteiger charge is -2.14. The number of hydrogen-bond donors (Lipinski definition) is 0. The summed E-state index contributed by atoms with van der Waals surface area (Å²) in [5.41, 5.74) is 7.89. The number of carbonyl (C=O) groups excluding carboxylic acids is 1. The highest BCUT2D eigenvalue weighted by Gasteiger charge is 2.18. The Morgan fingerprint density at radius 3 is 2.48 bits per heavy atom. The van der Waals surface area contributed by atoms with Crippen LogP contribution in [-0.2, 0) is 16.0 Å². The molecule has 0 saturated heterocycles. The summed E-state index contributed by atoms with van der Waals surface area (Å²) in [6.45, 7) is 5.39. The fraction of sp³-hybridized carbons (Fsp3) is 0.231. The Kier molecular flexibility index (Phi) is 5.87. The van der Waals surface area contributed by atoms with E-state index in [4.69, 9.17) is 14.5 Å². The van der Waals surface area contributed by atoms with Gasteiger partial charge in [0.2, 0.25) is 0 Å². The third-order valence-electron chi connectivity index (χ3n) is 5.43. The summed E-state index contributed by atoms with van der Waals surface area (Å²) >= 11 is 0. The van der Waals surface area contributed by atoms with Gasteiger partial charge in [0.1, 0.15) is 5.82 Å². The SMILES string of the molecule is COCCn1c(-c2cc(C)ccc2-c2cccc(C)c2)nc2cc(C(=O)OC)ccc21. The number of methoxy groups -OCH3 is 2. The quantitative estimate of drug-likeness (QED) is 0.395. The molecule has 3 aromatic carbocycles. The molecule has 1 heterocycles. The highest BCUT2D eigenvalue weighted by Crippen LogP contribution is 2.35. The van der Waals surface area contributed by atoms with Crippen LogP contribution in [0.15, 0.2) is 60.7 Å². The van der Waals surface area contributed by atoms with Gasteiger partial charge in [-0.15, -0.1) is 0 Å². The number of carbonyl (C=O) groups is 1. The smallest absolute Gasteiger partial charge is 0.337 e. The van der Waals surface area contributed by atoms with Crippen LogP contribution in [0.1, 0.15) is 21.5 Å². The first kappa shape index (κ1) is 20.8. The van der Waals surface area contributed by atoms with Crippen molar-refractivity contribution in [1.82, 2.24) is 9.55 Å². The van der Waals surface area contributed by atoms with E-state index in [9.17, 15) is 4.79 Å². The maximum atomic E-state index is 12.0. The molecule has 0 fully saturated rings. The number of fused-ring (bicyclic) bond motifs is 1. The van der Waals surface area contributed by atoms with Crippen LogP contribution in [0.4, 0.5) is 0 Å². The Labute approximate surface area is 182 Å². The van der Waals surface area contributed by atoms with Gasteiger partial charge in [0.25, 0.3) is 0 Å². The lowest BCUT2D eigenvalue weighted by molar-refractivity contribution is 0.0601. The van der Waals surface area contributed by atoms with Gasteiger partial charge in [-0.05, 0) is 49.2 Å². The third-order valence-corrected chi connectivity index (χ3v) is 5.43. The van der Waals surface area contributed by atoms with Crippen LogP contribution < -0.4 is 0 Å². The van der Waals surface area contributed by atoms with Gasteiger partial charge in [-0.2, -0.15) is 0 Å². The Morgan fingerprint density at radius 1 is 0.935 bits per heavy atom. The molecule has 0 aliphatic heterocycles. The summed E-state index contributed by atoms with van der Waals surface area (Å²) in [5.74, 6) is 0.486. The van der Waals surface area contributed by atoms with Crippen molar-refractivity contribution in [3.8, 4) is 22.5 Å². The standard InChI is InChI=1S/C26H26N2O3/c1-17-6-5-7-19(14-17)21-10-8-18(2)15-22(21)25-27-23-16-20(26(29)31-4)9-11-24(23)28(25)12-13-30-3/h5-11,14-16H,12-13H2,1-4H3. The second-order valence-electron chi connectivity index (χ2n) is 7.69. The van der Waals surface area contributed by atoms with E-state index in [1.807, 2.05) is 6.07 Å². The zero-order valence-corrected chi connectivity index (χ0v) is 18.3. The number of aryl methyl sites for hydroxylation is 2. The number of nitrogens with zero attached hydrogens (tertiary/aromatic N) is 2. The summed E-state index contributed by atoms with van der Waals surface area (Å²) < 4.78 is 12.4. The molecule has 0 bridgehead atoms. The van der Waals surface area contributed by atoms with Crippen LogP contribution in [-0.4, -0.2) is 36.3 Å². The Balaban J connectivity index is 1.96. The number of rotatable bonds is 6. The molecule has 158 valence electrons.